The molecule has 0 fully saturated rings. The molecule has 2 N–H and O–H groups in total. The van der Waals surface area contributed by atoms with Gasteiger partial charge in [-0.15, -0.1) is 0 Å². The van der Waals surface area contributed by atoms with Crippen molar-refractivity contribution >= 4 is 40.4 Å². The first-order chi connectivity index (χ1) is 12.6. The van der Waals surface area contributed by atoms with Crippen molar-refractivity contribution in [2.75, 3.05) is 6.54 Å². The van der Waals surface area contributed by atoms with Crippen molar-refractivity contribution in [1.29, 1.82) is 0 Å². The van der Waals surface area contributed by atoms with Crippen molar-refractivity contribution in [1.82, 2.24) is 10.7 Å². The number of nitrogens with one attached hydrogen (secondary N) is 2. The Morgan fingerprint density at radius 3 is 2.50 bits per heavy atom. The summed E-state index contributed by atoms with van der Waals surface area (Å²) in [5.74, 6) is -0.720. The highest BCUT2D eigenvalue weighted by molar-refractivity contribution is 6.30. The highest BCUT2D eigenvalue weighted by Gasteiger charge is 2.10. The van der Waals surface area contributed by atoms with Crippen LogP contribution in [0, 0.1) is 0 Å². The normalized spacial score (nSPS) is 10.8. The predicted molar refractivity (Wildman–Crippen MR) is 103 cm³/mol. The molecular formula is C20H16ClN3O2. The Hall–Kier alpha value is -3.18. The summed E-state index contributed by atoms with van der Waals surface area (Å²) in [6, 6.07) is 20.1. The van der Waals surface area contributed by atoms with Gasteiger partial charge in [0.2, 0.25) is 0 Å². The summed E-state index contributed by atoms with van der Waals surface area (Å²) in [7, 11) is 0. The summed E-state index contributed by atoms with van der Waals surface area (Å²) in [5.41, 5.74) is 3.70. The fraction of sp³-hybridized carbons (Fsp3) is 0.0500. The highest BCUT2D eigenvalue weighted by Crippen LogP contribution is 2.18. The fourth-order valence-electron chi connectivity index (χ4n) is 2.45. The molecule has 0 heterocycles. The van der Waals surface area contributed by atoms with Gasteiger partial charge in [-0.2, -0.15) is 5.10 Å². The van der Waals surface area contributed by atoms with Gasteiger partial charge in [0.05, 0.1) is 12.8 Å². The van der Waals surface area contributed by atoms with Crippen molar-refractivity contribution in [3.63, 3.8) is 0 Å². The van der Waals surface area contributed by atoms with Crippen molar-refractivity contribution in [3.05, 3.63) is 82.9 Å². The van der Waals surface area contributed by atoms with Gasteiger partial charge in [-0.25, -0.2) is 5.43 Å². The molecule has 130 valence electrons. The summed E-state index contributed by atoms with van der Waals surface area (Å²) in [6.07, 6.45) is 1.50. The Bertz CT molecular complexity index is 963. The number of amides is 2. The van der Waals surface area contributed by atoms with E-state index in [4.69, 9.17) is 11.6 Å². The quantitative estimate of drug-likeness (QED) is 0.537. The smallest absolute Gasteiger partial charge is 0.259 e. The molecule has 26 heavy (non-hydrogen) atoms. The van der Waals surface area contributed by atoms with Crippen LogP contribution in [0.5, 0.6) is 0 Å². The zero-order valence-corrected chi connectivity index (χ0v) is 14.5. The van der Waals surface area contributed by atoms with Crippen molar-refractivity contribution in [3.8, 4) is 0 Å². The molecule has 0 bridgehead atoms. The maximum Gasteiger partial charge on any atom is 0.259 e. The van der Waals surface area contributed by atoms with E-state index in [1.54, 1.807) is 30.3 Å². The predicted octanol–water partition coefficient (Wildman–Crippen LogP) is 3.37. The molecule has 3 aromatic carbocycles. The van der Waals surface area contributed by atoms with Gasteiger partial charge in [0.25, 0.3) is 11.8 Å². The lowest BCUT2D eigenvalue weighted by atomic mass is 10.0. The van der Waals surface area contributed by atoms with Crippen LogP contribution in [-0.4, -0.2) is 24.6 Å². The van der Waals surface area contributed by atoms with Crippen molar-refractivity contribution < 1.29 is 9.59 Å². The van der Waals surface area contributed by atoms with Gasteiger partial charge in [0.15, 0.2) is 0 Å². The number of fused-ring (bicyclic) bond motifs is 1. The van der Waals surface area contributed by atoms with Crippen LogP contribution in [0.2, 0.25) is 5.02 Å². The van der Waals surface area contributed by atoms with Crippen LogP contribution in [-0.2, 0) is 4.79 Å². The van der Waals surface area contributed by atoms with Crippen LogP contribution in [0.4, 0.5) is 0 Å². The van der Waals surface area contributed by atoms with E-state index in [0.717, 1.165) is 16.3 Å². The third kappa shape index (κ3) is 4.46. The third-order valence-corrected chi connectivity index (χ3v) is 3.97. The van der Waals surface area contributed by atoms with E-state index >= 15 is 0 Å². The Morgan fingerprint density at radius 2 is 1.69 bits per heavy atom. The minimum absolute atomic E-state index is 0.167. The van der Waals surface area contributed by atoms with Gasteiger partial charge in [0.1, 0.15) is 0 Å². The topological polar surface area (TPSA) is 70.6 Å². The summed E-state index contributed by atoms with van der Waals surface area (Å²) in [6.45, 7) is -0.167. The van der Waals surface area contributed by atoms with E-state index in [9.17, 15) is 9.59 Å². The van der Waals surface area contributed by atoms with Crippen LogP contribution < -0.4 is 10.7 Å². The van der Waals surface area contributed by atoms with Gasteiger partial charge in [-0.05, 0) is 34.5 Å². The number of hydrogen-bond donors (Lipinski definition) is 2. The van der Waals surface area contributed by atoms with Gasteiger partial charge in [-0.3, -0.25) is 9.59 Å². The number of hydrazone groups is 1. The Labute approximate surface area is 155 Å². The zero-order valence-electron chi connectivity index (χ0n) is 13.8. The lowest BCUT2D eigenvalue weighted by Crippen LogP contribution is -2.35. The number of halogens is 1. The summed E-state index contributed by atoms with van der Waals surface area (Å²) >= 11 is 5.80. The van der Waals surface area contributed by atoms with Crippen LogP contribution >= 0.6 is 11.6 Å². The first-order valence-electron chi connectivity index (χ1n) is 7.97. The second kappa shape index (κ2) is 8.27. The van der Waals surface area contributed by atoms with Gasteiger partial charge < -0.3 is 5.32 Å². The first kappa shape index (κ1) is 17.6. The van der Waals surface area contributed by atoms with Crippen LogP contribution in [0.3, 0.4) is 0 Å². The average Bonchev–Trinajstić information content (AvgIpc) is 2.67. The first-order valence-corrected chi connectivity index (χ1v) is 8.35. The second-order valence-electron chi connectivity index (χ2n) is 5.55. The SMILES string of the molecule is O=C(CNC(=O)c1cccc2ccccc12)NN=Cc1ccc(Cl)cc1. The minimum Gasteiger partial charge on any atom is -0.343 e. The van der Waals surface area contributed by atoms with E-state index in [2.05, 4.69) is 15.8 Å². The molecule has 0 unspecified atom stereocenters. The molecule has 5 nitrogen and oxygen atoms in total. The second-order valence-corrected chi connectivity index (χ2v) is 5.99. The van der Waals surface area contributed by atoms with Crippen molar-refractivity contribution in [2.24, 2.45) is 5.10 Å². The molecule has 0 aliphatic heterocycles. The number of carbonyl (C=O) groups is 2. The van der Waals surface area contributed by atoms with Gasteiger partial charge in [0, 0.05) is 10.6 Å². The highest BCUT2D eigenvalue weighted by atomic mass is 35.5. The third-order valence-electron chi connectivity index (χ3n) is 3.72. The molecule has 6 heteroatoms. The van der Waals surface area contributed by atoms with Gasteiger partial charge in [-0.1, -0.05) is 60.1 Å². The number of benzene rings is 3. The molecule has 0 saturated carbocycles. The molecule has 0 saturated heterocycles. The Kier molecular flexibility index (Phi) is 5.61. The molecule has 0 aliphatic carbocycles. The minimum atomic E-state index is -0.413. The van der Waals surface area contributed by atoms with Gasteiger partial charge >= 0.3 is 0 Å². The van der Waals surface area contributed by atoms with E-state index < -0.39 is 5.91 Å². The largest absolute Gasteiger partial charge is 0.343 e. The summed E-state index contributed by atoms with van der Waals surface area (Å²) in [4.78, 5) is 24.2. The lowest BCUT2D eigenvalue weighted by Gasteiger charge is -2.07. The summed E-state index contributed by atoms with van der Waals surface area (Å²) in [5, 5.41) is 8.90. The molecule has 0 aliphatic rings. The molecule has 3 rings (SSSR count). The summed E-state index contributed by atoms with van der Waals surface area (Å²) < 4.78 is 0. The van der Waals surface area contributed by atoms with Crippen LogP contribution in [0.1, 0.15) is 15.9 Å². The maximum absolute atomic E-state index is 12.3. The van der Waals surface area contributed by atoms with Crippen LogP contribution in [0.15, 0.2) is 71.8 Å². The number of nitrogens with zero attached hydrogens (tertiary/aromatic N) is 1. The molecule has 0 atom stereocenters. The van der Waals surface area contributed by atoms with E-state index in [1.807, 2.05) is 36.4 Å². The van der Waals surface area contributed by atoms with E-state index in [1.165, 1.54) is 6.21 Å². The number of hydrogen-bond acceptors (Lipinski definition) is 3. The van der Waals surface area contributed by atoms with Crippen molar-refractivity contribution in [2.45, 2.75) is 0 Å². The molecule has 0 radical (unpaired) electrons. The Morgan fingerprint density at radius 1 is 0.962 bits per heavy atom. The number of rotatable bonds is 5. The monoisotopic (exact) mass is 365 g/mol. The molecule has 0 aromatic heterocycles. The van der Waals surface area contributed by atoms with E-state index in [0.29, 0.717) is 10.6 Å². The molecule has 3 aromatic rings. The average molecular weight is 366 g/mol. The fourth-order valence-corrected chi connectivity index (χ4v) is 2.57. The van der Waals surface area contributed by atoms with E-state index in [-0.39, 0.29) is 12.5 Å². The Balaban J connectivity index is 1.55. The molecule has 2 amide bonds. The standard InChI is InChI=1S/C20H16ClN3O2/c21-16-10-8-14(9-11-16)12-23-24-19(25)13-22-20(26)18-7-3-5-15-4-1-2-6-17(15)18/h1-12H,13H2,(H,22,26)(H,24,25). The molecule has 0 spiro atoms. The van der Waals surface area contributed by atoms with Crippen LogP contribution in [0.25, 0.3) is 10.8 Å². The maximum atomic E-state index is 12.3. The number of carbonyl (C=O) groups excluding carboxylic acids is 2. The lowest BCUT2D eigenvalue weighted by molar-refractivity contribution is -0.120. The molecular weight excluding hydrogens is 350 g/mol. The zero-order chi connectivity index (χ0) is 18.4.